The number of carbonyl (C=O) groups excluding carboxylic acids is 1. The second-order valence-corrected chi connectivity index (χ2v) is 7.34. The number of anilines is 1. The van der Waals surface area contributed by atoms with E-state index in [4.69, 9.17) is 33.7 Å². The molecule has 1 amide bonds. The van der Waals surface area contributed by atoms with Gasteiger partial charge in [0.2, 0.25) is 11.6 Å². The molecule has 0 bridgehead atoms. The zero-order valence-electron chi connectivity index (χ0n) is 17.1. The van der Waals surface area contributed by atoms with Gasteiger partial charge >= 0.3 is 0 Å². The largest absolute Gasteiger partial charge is 0.494 e. The van der Waals surface area contributed by atoms with E-state index in [1.807, 2.05) is 6.92 Å². The highest BCUT2D eigenvalue weighted by Crippen LogP contribution is 2.28. The van der Waals surface area contributed by atoms with Crippen LogP contribution in [-0.2, 0) is 0 Å². The van der Waals surface area contributed by atoms with Crippen molar-refractivity contribution in [3.05, 3.63) is 63.8 Å². The number of rotatable bonds is 7. The van der Waals surface area contributed by atoms with Gasteiger partial charge in [0.05, 0.1) is 17.8 Å². The maximum Gasteiger partial charge on any atom is 0.294 e. The lowest BCUT2D eigenvalue weighted by Crippen LogP contribution is -2.19. The first-order chi connectivity index (χ1) is 16.0. The van der Waals surface area contributed by atoms with Crippen LogP contribution in [0, 0.1) is 0 Å². The maximum atomic E-state index is 12.9. The number of nitrogens with two attached hydrogens (primary N) is 1. The van der Waals surface area contributed by atoms with E-state index in [1.165, 1.54) is 10.9 Å². The lowest BCUT2D eigenvalue weighted by Gasteiger charge is -2.07. The van der Waals surface area contributed by atoms with E-state index < -0.39 is 5.91 Å². The highest BCUT2D eigenvalue weighted by atomic mass is 35.5. The summed E-state index contributed by atoms with van der Waals surface area (Å²) in [6, 6.07) is 11.9. The molecular weight excluding hydrogens is 471 g/mol. The van der Waals surface area contributed by atoms with Crippen molar-refractivity contribution in [3.63, 3.8) is 0 Å². The van der Waals surface area contributed by atoms with Gasteiger partial charge in [-0.05, 0) is 53.6 Å². The monoisotopic (exact) mass is 486 g/mol. The molecule has 168 valence electrons. The van der Waals surface area contributed by atoms with Gasteiger partial charge in [0.1, 0.15) is 11.4 Å². The highest BCUT2D eigenvalue weighted by molar-refractivity contribution is 6.36. The number of hydrazone groups is 1. The molecule has 0 aliphatic heterocycles. The van der Waals surface area contributed by atoms with Gasteiger partial charge in [-0.3, -0.25) is 4.79 Å². The van der Waals surface area contributed by atoms with Crippen LogP contribution in [0.4, 0.5) is 5.82 Å². The Morgan fingerprint density at radius 1 is 1.24 bits per heavy atom. The smallest absolute Gasteiger partial charge is 0.294 e. The number of nitrogens with zero attached hydrogens (tertiary/aromatic N) is 6. The van der Waals surface area contributed by atoms with E-state index >= 15 is 0 Å². The first-order valence-corrected chi connectivity index (χ1v) is 10.3. The van der Waals surface area contributed by atoms with Gasteiger partial charge in [0.15, 0.2) is 5.69 Å². The fraction of sp³-hybridized carbons (Fsp3) is 0.100. The summed E-state index contributed by atoms with van der Waals surface area (Å²) in [5, 5.41) is 20.1. The zero-order valence-corrected chi connectivity index (χ0v) is 18.6. The van der Waals surface area contributed by atoms with E-state index in [2.05, 4.69) is 35.8 Å². The number of hydrogen-bond donors (Lipinski definition) is 2. The average molecular weight is 487 g/mol. The van der Waals surface area contributed by atoms with Crippen LogP contribution in [0.3, 0.4) is 0 Å². The molecular formula is C20H16Cl2N8O3. The Bertz CT molecular complexity index is 1320. The van der Waals surface area contributed by atoms with Crippen molar-refractivity contribution in [1.82, 2.24) is 30.7 Å². The topological polar surface area (TPSA) is 146 Å². The van der Waals surface area contributed by atoms with E-state index in [-0.39, 0.29) is 17.3 Å². The number of carbonyl (C=O) groups is 1. The minimum absolute atomic E-state index is 0.0190. The molecule has 0 saturated carbocycles. The number of halogens is 2. The summed E-state index contributed by atoms with van der Waals surface area (Å²) in [7, 11) is 0. The van der Waals surface area contributed by atoms with Crippen LogP contribution < -0.4 is 15.9 Å². The molecule has 0 unspecified atom stereocenters. The third kappa shape index (κ3) is 4.78. The molecule has 13 heteroatoms. The van der Waals surface area contributed by atoms with Gasteiger partial charge < -0.3 is 10.5 Å². The van der Waals surface area contributed by atoms with Crippen molar-refractivity contribution in [2.75, 3.05) is 12.3 Å². The number of nitrogens with one attached hydrogen (secondary N) is 1. The second kappa shape index (κ2) is 9.67. The zero-order chi connectivity index (χ0) is 23.4. The Morgan fingerprint density at radius 2 is 2.03 bits per heavy atom. The molecule has 0 saturated heterocycles. The summed E-state index contributed by atoms with van der Waals surface area (Å²) in [5.41, 5.74) is 9.67. The average Bonchev–Trinajstić information content (AvgIpc) is 3.42. The predicted molar refractivity (Wildman–Crippen MR) is 122 cm³/mol. The minimum Gasteiger partial charge on any atom is -0.494 e. The van der Waals surface area contributed by atoms with Crippen LogP contribution in [-0.4, -0.2) is 44.0 Å². The first-order valence-electron chi connectivity index (χ1n) is 9.53. The van der Waals surface area contributed by atoms with Crippen molar-refractivity contribution in [1.29, 1.82) is 0 Å². The van der Waals surface area contributed by atoms with Crippen LogP contribution in [0.5, 0.6) is 5.75 Å². The fourth-order valence-electron chi connectivity index (χ4n) is 2.88. The lowest BCUT2D eigenvalue weighted by molar-refractivity contribution is 0.0950. The number of benzene rings is 2. The quantitative estimate of drug-likeness (QED) is 0.298. The third-order valence-corrected chi connectivity index (χ3v) is 4.91. The number of nitrogen functional groups attached to an aromatic ring is 1. The molecule has 3 N–H and O–H groups in total. The normalized spacial score (nSPS) is 11.1. The molecule has 2 heterocycles. The van der Waals surface area contributed by atoms with Crippen LogP contribution in [0.2, 0.25) is 10.0 Å². The highest BCUT2D eigenvalue weighted by Gasteiger charge is 2.25. The van der Waals surface area contributed by atoms with Gasteiger partial charge in [-0.1, -0.05) is 34.5 Å². The van der Waals surface area contributed by atoms with Gasteiger partial charge in [0.25, 0.3) is 5.91 Å². The summed E-state index contributed by atoms with van der Waals surface area (Å²) in [5.74, 6) is 0.108. The Balaban J connectivity index is 1.67. The van der Waals surface area contributed by atoms with Gasteiger partial charge in [-0.25, -0.2) is 10.1 Å². The van der Waals surface area contributed by atoms with E-state index in [1.54, 1.807) is 42.5 Å². The molecule has 0 fully saturated rings. The van der Waals surface area contributed by atoms with Crippen molar-refractivity contribution in [2.24, 2.45) is 5.10 Å². The Morgan fingerprint density at radius 3 is 2.70 bits per heavy atom. The van der Waals surface area contributed by atoms with Crippen LogP contribution in [0.25, 0.3) is 17.1 Å². The third-order valence-electron chi connectivity index (χ3n) is 4.35. The molecule has 2 aromatic carbocycles. The summed E-state index contributed by atoms with van der Waals surface area (Å²) in [6.45, 7) is 2.40. The van der Waals surface area contributed by atoms with Crippen molar-refractivity contribution in [2.45, 2.75) is 6.92 Å². The first kappa shape index (κ1) is 22.2. The molecule has 0 radical (unpaired) electrons. The summed E-state index contributed by atoms with van der Waals surface area (Å²) < 4.78 is 11.4. The second-order valence-electron chi connectivity index (χ2n) is 6.49. The summed E-state index contributed by atoms with van der Waals surface area (Å²) in [6.07, 6.45) is 1.39. The molecule has 0 spiro atoms. The number of aromatic nitrogens is 5. The lowest BCUT2D eigenvalue weighted by atomic mass is 10.1. The van der Waals surface area contributed by atoms with E-state index in [9.17, 15) is 4.79 Å². The molecule has 4 rings (SSSR count). The minimum atomic E-state index is -0.624. The molecule has 11 nitrogen and oxygen atoms in total. The predicted octanol–water partition coefficient (Wildman–Crippen LogP) is 3.37. The summed E-state index contributed by atoms with van der Waals surface area (Å²) >= 11 is 12.0. The molecule has 33 heavy (non-hydrogen) atoms. The van der Waals surface area contributed by atoms with Crippen molar-refractivity contribution >= 4 is 41.1 Å². The van der Waals surface area contributed by atoms with E-state index in [0.29, 0.717) is 39.2 Å². The van der Waals surface area contributed by atoms with Gasteiger partial charge in [0, 0.05) is 16.1 Å². The van der Waals surface area contributed by atoms with Crippen LogP contribution >= 0.6 is 23.2 Å². The molecule has 0 aliphatic rings. The molecule has 0 aliphatic carbocycles. The van der Waals surface area contributed by atoms with Crippen LogP contribution in [0.1, 0.15) is 23.0 Å². The van der Waals surface area contributed by atoms with Crippen molar-refractivity contribution < 1.29 is 14.2 Å². The molecule has 4 aromatic rings. The number of hydrogen-bond acceptors (Lipinski definition) is 9. The molecule has 0 atom stereocenters. The Labute approximate surface area is 197 Å². The fourth-order valence-corrected chi connectivity index (χ4v) is 3.33. The summed E-state index contributed by atoms with van der Waals surface area (Å²) in [4.78, 5) is 12.9. The Kier molecular flexibility index (Phi) is 6.52. The van der Waals surface area contributed by atoms with Gasteiger partial charge in [-0.15, -0.1) is 5.10 Å². The molecule has 2 aromatic heterocycles. The standard InChI is InChI=1S/C20H16Cl2N8O3/c1-2-32-14-7-4-11(5-8-14)17-16(25-29-30(17)19-18(23)27-33-28-19)20(31)26-24-10-12-3-6-13(21)9-15(12)22/h3-10H,2H2,1H3,(H2,23,27)(H,26,31)/b24-10+. The maximum absolute atomic E-state index is 12.9. The van der Waals surface area contributed by atoms with E-state index in [0.717, 1.165) is 0 Å². The Hall–Kier alpha value is -3.96. The number of ether oxygens (including phenoxy) is 1. The van der Waals surface area contributed by atoms with Crippen LogP contribution in [0.15, 0.2) is 52.2 Å². The number of amides is 1. The SMILES string of the molecule is CCOc1ccc(-c2c(C(=O)N/N=C/c3ccc(Cl)cc3Cl)nnn2-c2nonc2N)cc1. The van der Waals surface area contributed by atoms with Crippen molar-refractivity contribution in [3.8, 4) is 22.8 Å². The van der Waals surface area contributed by atoms with Gasteiger partial charge in [-0.2, -0.15) is 9.78 Å².